The maximum atomic E-state index is 6.12. The summed E-state index contributed by atoms with van der Waals surface area (Å²) in [4.78, 5) is 0. The fraction of sp³-hybridized carbons (Fsp3) is 1.00. The molecule has 0 amide bonds. The standard InChI is InChI=1S/C15H29NO/c1-5-14(4)10-11-17-15(16-14)8-6-13(7-9-15)12(2)3/h12-13,16H,5-11H2,1-4H3. The van der Waals surface area contributed by atoms with Crippen molar-refractivity contribution in [3.05, 3.63) is 0 Å². The van der Waals surface area contributed by atoms with Crippen molar-refractivity contribution in [2.24, 2.45) is 11.8 Å². The third-order valence-electron chi connectivity index (χ3n) is 5.12. The van der Waals surface area contributed by atoms with Crippen LogP contribution in [0.3, 0.4) is 0 Å². The molecule has 1 saturated carbocycles. The maximum absolute atomic E-state index is 6.12. The van der Waals surface area contributed by atoms with Crippen molar-refractivity contribution in [1.82, 2.24) is 5.32 Å². The average molecular weight is 239 g/mol. The Morgan fingerprint density at radius 1 is 1.24 bits per heavy atom. The van der Waals surface area contributed by atoms with E-state index < -0.39 is 0 Å². The molecule has 0 aromatic rings. The smallest absolute Gasteiger partial charge is 0.119 e. The molecule has 1 N–H and O–H groups in total. The highest BCUT2D eigenvalue weighted by Gasteiger charge is 2.44. The van der Waals surface area contributed by atoms with E-state index in [4.69, 9.17) is 4.74 Å². The van der Waals surface area contributed by atoms with Crippen molar-refractivity contribution in [3.63, 3.8) is 0 Å². The normalized spacial score (nSPS) is 43.2. The molecule has 1 heterocycles. The Bertz CT molecular complexity index is 256. The van der Waals surface area contributed by atoms with E-state index in [0.29, 0.717) is 5.54 Å². The Kier molecular flexibility index (Phi) is 3.84. The Balaban J connectivity index is 1.97. The molecule has 1 aliphatic carbocycles. The molecule has 1 spiro atoms. The molecule has 1 unspecified atom stereocenters. The monoisotopic (exact) mass is 239 g/mol. The molecule has 0 aromatic heterocycles. The number of nitrogens with one attached hydrogen (secondary N) is 1. The highest BCUT2D eigenvalue weighted by Crippen LogP contribution is 2.40. The van der Waals surface area contributed by atoms with E-state index in [9.17, 15) is 0 Å². The molecule has 2 nitrogen and oxygen atoms in total. The van der Waals surface area contributed by atoms with Crippen LogP contribution >= 0.6 is 0 Å². The van der Waals surface area contributed by atoms with Gasteiger partial charge in [-0.15, -0.1) is 0 Å². The second-order valence-corrected chi connectivity index (χ2v) is 6.71. The van der Waals surface area contributed by atoms with E-state index in [0.717, 1.165) is 24.9 Å². The summed E-state index contributed by atoms with van der Waals surface area (Å²) in [6, 6.07) is 0. The van der Waals surface area contributed by atoms with Gasteiger partial charge in [0.1, 0.15) is 5.72 Å². The molecule has 1 saturated heterocycles. The lowest BCUT2D eigenvalue weighted by atomic mass is 9.76. The van der Waals surface area contributed by atoms with Gasteiger partial charge in [-0.3, -0.25) is 5.32 Å². The largest absolute Gasteiger partial charge is 0.361 e. The zero-order chi connectivity index (χ0) is 12.5. The minimum atomic E-state index is 0.00833. The first-order chi connectivity index (χ1) is 7.99. The number of rotatable bonds is 2. The van der Waals surface area contributed by atoms with Crippen LogP contribution in [0.5, 0.6) is 0 Å². The molecule has 0 bridgehead atoms. The molecule has 100 valence electrons. The second kappa shape index (κ2) is 4.89. The van der Waals surface area contributed by atoms with E-state index in [-0.39, 0.29) is 5.72 Å². The molecular formula is C15H29NO. The number of hydrogen-bond acceptors (Lipinski definition) is 2. The summed E-state index contributed by atoms with van der Waals surface area (Å²) in [5.74, 6) is 1.73. The predicted molar refractivity (Wildman–Crippen MR) is 71.9 cm³/mol. The van der Waals surface area contributed by atoms with Crippen LogP contribution in [0.1, 0.15) is 66.2 Å². The van der Waals surface area contributed by atoms with Crippen molar-refractivity contribution in [2.75, 3.05) is 6.61 Å². The van der Waals surface area contributed by atoms with Gasteiger partial charge in [0.25, 0.3) is 0 Å². The fourth-order valence-electron chi connectivity index (χ4n) is 3.43. The molecule has 2 aliphatic rings. The molecule has 0 radical (unpaired) electrons. The van der Waals surface area contributed by atoms with Gasteiger partial charge in [-0.25, -0.2) is 0 Å². The summed E-state index contributed by atoms with van der Waals surface area (Å²) in [6.07, 6.45) is 7.40. The first-order valence-corrected chi connectivity index (χ1v) is 7.42. The average Bonchev–Trinajstić information content (AvgIpc) is 2.29. The lowest BCUT2D eigenvalue weighted by molar-refractivity contribution is -0.155. The lowest BCUT2D eigenvalue weighted by Crippen LogP contribution is -2.63. The third-order valence-corrected chi connectivity index (χ3v) is 5.12. The Morgan fingerprint density at radius 3 is 2.41 bits per heavy atom. The summed E-state index contributed by atoms with van der Waals surface area (Å²) in [5.41, 5.74) is 0.303. The molecule has 2 heteroatoms. The SMILES string of the molecule is CCC1(C)CCOC2(CCC(C(C)C)CC2)N1. The predicted octanol–water partition coefficient (Wildman–Crippen LogP) is 3.71. The van der Waals surface area contributed by atoms with Gasteiger partial charge in [0.2, 0.25) is 0 Å². The molecule has 2 fully saturated rings. The molecular weight excluding hydrogens is 210 g/mol. The van der Waals surface area contributed by atoms with Gasteiger partial charge in [0.05, 0.1) is 6.61 Å². The lowest BCUT2D eigenvalue weighted by Gasteiger charge is -2.51. The van der Waals surface area contributed by atoms with Gasteiger partial charge in [-0.2, -0.15) is 0 Å². The quantitative estimate of drug-likeness (QED) is 0.793. The van der Waals surface area contributed by atoms with Gasteiger partial charge in [-0.1, -0.05) is 20.8 Å². The summed E-state index contributed by atoms with van der Waals surface area (Å²) in [6.45, 7) is 10.3. The molecule has 0 aromatic carbocycles. The van der Waals surface area contributed by atoms with Crippen LogP contribution in [0.2, 0.25) is 0 Å². The Hall–Kier alpha value is -0.0800. The van der Waals surface area contributed by atoms with E-state index in [1.165, 1.54) is 32.1 Å². The van der Waals surface area contributed by atoms with Crippen LogP contribution in [-0.4, -0.2) is 17.9 Å². The number of hydrogen-bond donors (Lipinski definition) is 1. The van der Waals surface area contributed by atoms with E-state index in [1.807, 2.05) is 0 Å². The van der Waals surface area contributed by atoms with Crippen molar-refractivity contribution < 1.29 is 4.74 Å². The maximum Gasteiger partial charge on any atom is 0.119 e. The molecule has 1 aliphatic heterocycles. The summed E-state index contributed by atoms with van der Waals surface area (Å²) >= 11 is 0. The van der Waals surface area contributed by atoms with Crippen LogP contribution in [-0.2, 0) is 4.74 Å². The van der Waals surface area contributed by atoms with Crippen LogP contribution in [0.4, 0.5) is 0 Å². The first-order valence-electron chi connectivity index (χ1n) is 7.42. The second-order valence-electron chi connectivity index (χ2n) is 6.71. The van der Waals surface area contributed by atoms with Crippen molar-refractivity contribution in [3.8, 4) is 0 Å². The van der Waals surface area contributed by atoms with Crippen molar-refractivity contribution in [2.45, 2.75) is 77.5 Å². The fourth-order valence-corrected chi connectivity index (χ4v) is 3.43. The van der Waals surface area contributed by atoms with Crippen LogP contribution in [0.25, 0.3) is 0 Å². The minimum Gasteiger partial charge on any atom is -0.361 e. The summed E-state index contributed by atoms with van der Waals surface area (Å²) in [7, 11) is 0. The van der Waals surface area contributed by atoms with Crippen LogP contribution in [0.15, 0.2) is 0 Å². The van der Waals surface area contributed by atoms with Gasteiger partial charge >= 0.3 is 0 Å². The zero-order valence-electron chi connectivity index (χ0n) is 12.0. The minimum absolute atomic E-state index is 0.00833. The molecule has 1 atom stereocenters. The van der Waals surface area contributed by atoms with Crippen molar-refractivity contribution in [1.29, 1.82) is 0 Å². The zero-order valence-corrected chi connectivity index (χ0v) is 12.0. The van der Waals surface area contributed by atoms with Gasteiger partial charge in [-0.05, 0) is 57.3 Å². The van der Waals surface area contributed by atoms with E-state index in [1.54, 1.807) is 0 Å². The number of ether oxygens (including phenoxy) is 1. The first kappa shape index (κ1) is 13.4. The topological polar surface area (TPSA) is 21.3 Å². The van der Waals surface area contributed by atoms with Gasteiger partial charge in [0.15, 0.2) is 0 Å². The van der Waals surface area contributed by atoms with Gasteiger partial charge in [0, 0.05) is 5.54 Å². The highest BCUT2D eigenvalue weighted by atomic mass is 16.5. The summed E-state index contributed by atoms with van der Waals surface area (Å²) in [5, 5.41) is 3.83. The third kappa shape index (κ3) is 2.85. The van der Waals surface area contributed by atoms with Crippen LogP contribution < -0.4 is 5.32 Å². The highest BCUT2D eigenvalue weighted by molar-refractivity contribution is 4.96. The van der Waals surface area contributed by atoms with Crippen molar-refractivity contribution >= 4 is 0 Å². The van der Waals surface area contributed by atoms with E-state index in [2.05, 4.69) is 33.0 Å². The van der Waals surface area contributed by atoms with Crippen LogP contribution in [0, 0.1) is 11.8 Å². The Labute approximate surface area is 107 Å². The summed E-state index contributed by atoms with van der Waals surface area (Å²) < 4.78 is 6.12. The molecule has 2 rings (SSSR count). The molecule has 17 heavy (non-hydrogen) atoms. The van der Waals surface area contributed by atoms with Gasteiger partial charge < -0.3 is 4.74 Å². The van der Waals surface area contributed by atoms with E-state index >= 15 is 0 Å². The Morgan fingerprint density at radius 2 is 1.88 bits per heavy atom.